The van der Waals surface area contributed by atoms with E-state index in [0.717, 1.165) is 50.0 Å². The predicted molar refractivity (Wildman–Crippen MR) is 82.6 cm³/mol. The molecule has 1 aliphatic rings. The van der Waals surface area contributed by atoms with Gasteiger partial charge in [0.15, 0.2) is 0 Å². The number of nitrogens with zero attached hydrogens (tertiary/aromatic N) is 1. The number of carbonyl (C=O) groups is 1. The van der Waals surface area contributed by atoms with E-state index in [4.69, 9.17) is 5.73 Å². The van der Waals surface area contributed by atoms with Crippen molar-refractivity contribution in [1.29, 1.82) is 0 Å². The van der Waals surface area contributed by atoms with Crippen molar-refractivity contribution in [3.63, 3.8) is 0 Å². The van der Waals surface area contributed by atoms with E-state index in [-0.39, 0.29) is 11.9 Å². The van der Waals surface area contributed by atoms with Crippen LogP contribution in [0, 0.1) is 0 Å². The summed E-state index contributed by atoms with van der Waals surface area (Å²) < 4.78 is 0. The monoisotopic (exact) mass is 275 g/mol. The summed E-state index contributed by atoms with van der Waals surface area (Å²) in [6.45, 7) is 4.41. The summed E-state index contributed by atoms with van der Waals surface area (Å²) in [5, 5.41) is 3.03. The van der Waals surface area contributed by atoms with Crippen molar-refractivity contribution in [3.05, 3.63) is 29.8 Å². The highest BCUT2D eigenvalue weighted by molar-refractivity contribution is 5.85. The fourth-order valence-electron chi connectivity index (χ4n) is 2.75. The minimum Gasteiger partial charge on any atom is -0.360 e. The Bertz CT molecular complexity index is 430. The largest absolute Gasteiger partial charge is 0.360 e. The fourth-order valence-corrected chi connectivity index (χ4v) is 2.75. The highest BCUT2D eigenvalue weighted by Gasteiger charge is 2.26. The maximum atomic E-state index is 12.3. The third kappa shape index (κ3) is 3.51. The van der Waals surface area contributed by atoms with Crippen molar-refractivity contribution in [2.45, 2.75) is 45.2 Å². The minimum absolute atomic E-state index is 0.0406. The SMILES string of the molecule is CCCN(c1ccc(CN)cc1)C1CCCCNC1=O. The average Bonchev–Trinajstić information content (AvgIpc) is 2.70. The van der Waals surface area contributed by atoms with E-state index in [9.17, 15) is 4.79 Å². The lowest BCUT2D eigenvalue weighted by Gasteiger charge is -2.31. The van der Waals surface area contributed by atoms with E-state index in [1.165, 1.54) is 0 Å². The van der Waals surface area contributed by atoms with Crippen LogP contribution < -0.4 is 16.0 Å². The zero-order chi connectivity index (χ0) is 14.4. The van der Waals surface area contributed by atoms with Gasteiger partial charge in [-0.15, -0.1) is 0 Å². The Balaban J connectivity index is 2.21. The Morgan fingerprint density at radius 1 is 1.30 bits per heavy atom. The van der Waals surface area contributed by atoms with Crippen molar-refractivity contribution >= 4 is 11.6 Å². The molecule has 0 saturated carbocycles. The van der Waals surface area contributed by atoms with Gasteiger partial charge >= 0.3 is 0 Å². The number of nitrogens with one attached hydrogen (secondary N) is 1. The van der Waals surface area contributed by atoms with E-state index >= 15 is 0 Å². The smallest absolute Gasteiger partial charge is 0.242 e. The van der Waals surface area contributed by atoms with Gasteiger partial charge < -0.3 is 16.0 Å². The highest BCUT2D eigenvalue weighted by Crippen LogP contribution is 2.22. The zero-order valence-electron chi connectivity index (χ0n) is 12.3. The molecule has 1 atom stereocenters. The maximum absolute atomic E-state index is 12.3. The first-order chi connectivity index (χ1) is 9.76. The van der Waals surface area contributed by atoms with Crippen LogP contribution >= 0.6 is 0 Å². The van der Waals surface area contributed by atoms with E-state index < -0.39 is 0 Å². The Kier molecular flexibility index (Phi) is 5.41. The molecule has 3 N–H and O–H groups in total. The van der Waals surface area contributed by atoms with Crippen LogP contribution in [0.5, 0.6) is 0 Å². The summed E-state index contributed by atoms with van der Waals surface area (Å²) in [7, 11) is 0. The molecule has 0 bridgehead atoms. The van der Waals surface area contributed by atoms with E-state index in [1.807, 2.05) is 12.1 Å². The molecular formula is C16H25N3O. The van der Waals surface area contributed by atoms with E-state index in [1.54, 1.807) is 0 Å². The number of nitrogens with two attached hydrogens (primary N) is 1. The van der Waals surface area contributed by atoms with E-state index in [0.29, 0.717) is 6.54 Å². The topological polar surface area (TPSA) is 58.4 Å². The van der Waals surface area contributed by atoms with Crippen LogP contribution in [0.15, 0.2) is 24.3 Å². The van der Waals surface area contributed by atoms with Crippen LogP contribution in [0.3, 0.4) is 0 Å². The van der Waals surface area contributed by atoms with Crippen molar-refractivity contribution < 1.29 is 4.79 Å². The zero-order valence-corrected chi connectivity index (χ0v) is 12.3. The lowest BCUT2D eigenvalue weighted by atomic mass is 10.1. The second kappa shape index (κ2) is 7.29. The number of rotatable bonds is 5. The standard InChI is InChI=1S/C16H25N3O/c1-2-11-19(14-8-6-13(12-17)7-9-14)15-5-3-4-10-18-16(15)20/h6-9,15H,2-5,10-12,17H2,1H3,(H,18,20). The summed E-state index contributed by atoms with van der Waals surface area (Å²) in [5.41, 5.74) is 7.88. The molecule has 1 amide bonds. The van der Waals surface area contributed by atoms with Crippen LogP contribution in [0.25, 0.3) is 0 Å². The maximum Gasteiger partial charge on any atom is 0.242 e. The number of amides is 1. The third-order valence-electron chi connectivity index (χ3n) is 3.85. The van der Waals surface area contributed by atoms with Crippen LogP contribution in [-0.2, 0) is 11.3 Å². The van der Waals surface area contributed by atoms with Crippen LogP contribution in [-0.4, -0.2) is 25.0 Å². The molecule has 0 aromatic heterocycles. The molecule has 4 heteroatoms. The fraction of sp³-hybridized carbons (Fsp3) is 0.562. The van der Waals surface area contributed by atoms with Gasteiger partial charge in [-0.2, -0.15) is 0 Å². The molecule has 0 aliphatic carbocycles. The molecule has 0 radical (unpaired) electrons. The van der Waals surface area contributed by atoms with Crippen LogP contribution in [0.4, 0.5) is 5.69 Å². The van der Waals surface area contributed by atoms with Crippen LogP contribution in [0.2, 0.25) is 0 Å². The molecule has 2 rings (SSSR count). The first-order valence-electron chi connectivity index (χ1n) is 7.59. The number of hydrogen-bond donors (Lipinski definition) is 2. The summed E-state index contributed by atoms with van der Waals surface area (Å²) >= 11 is 0. The molecule has 4 nitrogen and oxygen atoms in total. The summed E-state index contributed by atoms with van der Waals surface area (Å²) in [4.78, 5) is 14.5. The molecule has 1 saturated heterocycles. The summed E-state index contributed by atoms with van der Waals surface area (Å²) in [6.07, 6.45) is 4.14. The van der Waals surface area contributed by atoms with Crippen molar-refractivity contribution in [1.82, 2.24) is 5.32 Å². The molecule has 1 aromatic rings. The molecular weight excluding hydrogens is 250 g/mol. The first-order valence-corrected chi connectivity index (χ1v) is 7.59. The van der Waals surface area contributed by atoms with Crippen molar-refractivity contribution in [3.8, 4) is 0 Å². The van der Waals surface area contributed by atoms with Gasteiger partial charge in [-0.3, -0.25) is 4.79 Å². The van der Waals surface area contributed by atoms with Gasteiger partial charge in [-0.25, -0.2) is 0 Å². The van der Waals surface area contributed by atoms with Gasteiger partial charge in [0, 0.05) is 25.3 Å². The Morgan fingerprint density at radius 2 is 2.05 bits per heavy atom. The number of anilines is 1. The number of hydrogen-bond acceptors (Lipinski definition) is 3. The lowest BCUT2D eigenvalue weighted by Crippen LogP contribution is -2.46. The summed E-state index contributed by atoms with van der Waals surface area (Å²) in [6, 6.07) is 8.21. The van der Waals surface area contributed by atoms with Gasteiger partial charge in [-0.1, -0.05) is 19.1 Å². The quantitative estimate of drug-likeness (QED) is 0.864. The Morgan fingerprint density at radius 3 is 2.70 bits per heavy atom. The van der Waals surface area contributed by atoms with Gasteiger partial charge in [0.25, 0.3) is 0 Å². The van der Waals surface area contributed by atoms with Gasteiger partial charge in [0.2, 0.25) is 5.91 Å². The first kappa shape index (κ1) is 14.9. The minimum atomic E-state index is -0.0406. The predicted octanol–water partition coefficient (Wildman–Crippen LogP) is 2.03. The molecule has 110 valence electrons. The van der Waals surface area contributed by atoms with E-state index in [2.05, 4.69) is 29.3 Å². The normalized spacial score (nSPS) is 19.3. The van der Waals surface area contributed by atoms with Gasteiger partial charge in [0.1, 0.15) is 6.04 Å². The molecule has 1 aromatic carbocycles. The second-order valence-electron chi connectivity index (χ2n) is 5.37. The highest BCUT2D eigenvalue weighted by atomic mass is 16.2. The molecule has 1 unspecified atom stereocenters. The van der Waals surface area contributed by atoms with Crippen molar-refractivity contribution in [2.24, 2.45) is 5.73 Å². The lowest BCUT2D eigenvalue weighted by molar-refractivity contribution is -0.122. The van der Waals surface area contributed by atoms with Crippen molar-refractivity contribution in [2.75, 3.05) is 18.0 Å². The molecule has 1 heterocycles. The third-order valence-corrected chi connectivity index (χ3v) is 3.85. The van der Waals surface area contributed by atoms with Crippen LogP contribution in [0.1, 0.15) is 38.2 Å². The molecule has 20 heavy (non-hydrogen) atoms. The van der Waals surface area contributed by atoms with Gasteiger partial charge in [-0.05, 0) is 43.4 Å². The molecule has 1 aliphatic heterocycles. The Labute approximate surface area is 121 Å². The molecule has 1 fully saturated rings. The number of carbonyl (C=O) groups excluding carboxylic acids is 1. The second-order valence-corrected chi connectivity index (χ2v) is 5.37. The number of benzene rings is 1. The van der Waals surface area contributed by atoms with Gasteiger partial charge in [0.05, 0.1) is 0 Å². The summed E-state index contributed by atoms with van der Waals surface area (Å²) in [5.74, 6) is 0.166. The average molecular weight is 275 g/mol. The Hall–Kier alpha value is -1.55. The molecule has 0 spiro atoms.